The summed E-state index contributed by atoms with van der Waals surface area (Å²) in [7, 11) is 1.91. The van der Waals surface area contributed by atoms with Gasteiger partial charge in [-0.3, -0.25) is 4.90 Å². The maximum Gasteiger partial charge on any atom is 0.134 e. The van der Waals surface area contributed by atoms with E-state index in [1.54, 1.807) is 0 Å². The van der Waals surface area contributed by atoms with Gasteiger partial charge in [0, 0.05) is 31.7 Å². The highest BCUT2D eigenvalue weighted by atomic mass is 32.1. The Balaban J connectivity index is 2.02. The van der Waals surface area contributed by atoms with E-state index in [1.807, 2.05) is 13.1 Å². The van der Waals surface area contributed by atoms with E-state index in [4.69, 9.17) is 0 Å². The Morgan fingerprint density at radius 3 is 2.67 bits per heavy atom. The lowest BCUT2D eigenvalue weighted by Crippen LogP contribution is -2.22. The van der Waals surface area contributed by atoms with Crippen LogP contribution in [0.1, 0.15) is 18.2 Å². The molecule has 1 aromatic carbocycles. The predicted molar refractivity (Wildman–Crippen MR) is 75.7 cm³/mol. The van der Waals surface area contributed by atoms with Crippen molar-refractivity contribution in [2.45, 2.75) is 20.0 Å². The van der Waals surface area contributed by atoms with Crippen LogP contribution in [0.2, 0.25) is 0 Å². The summed E-state index contributed by atoms with van der Waals surface area (Å²) in [5.41, 5.74) is 2.36. The summed E-state index contributed by atoms with van der Waals surface area (Å²) in [6.07, 6.45) is 0. The lowest BCUT2D eigenvalue weighted by Gasteiger charge is -2.19. The first-order chi connectivity index (χ1) is 8.83. The van der Waals surface area contributed by atoms with Gasteiger partial charge in [-0.1, -0.05) is 41.7 Å². The summed E-state index contributed by atoms with van der Waals surface area (Å²) in [6, 6.07) is 10.5. The minimum absolute atomic E-state index is 0.831. The minimum Gasteiger partial charge on any atom is -0.377 e. The van der Waals surface area contributed by atoms with Crippen molar-refractivity contribution in [3.8, 4) is 0 Å². The Hall–Kier alpha value is -1.46. The van der Waals surface area contributed by atoms with Crippen LogP contribution in [0.3, 0.4) is 0 Å². The molecule has 0 aliphatic heterocycles. The maximum absolute atomic E-state index is 4.18. The van der Waals surface area contributed by atoms with Gasteiger partial charge in [-0.2, -0.15) is 0 Å². The molecule has 4 nitrogen and oxygen atoms in total. The van der Waals surface area contributed by atoms with E-state index in [0.717, 1.165) is 30.3 Å². The van der Waals surface area contributed by atoms with E-state index in [1.165, 1.54) is 17.1 Å². The van der Waals surface area contributed by atoms with E-state index in [0.29, 0.717) is 0 Å². The number of nitrogens with one attached hydrogen (secondary N) is 1. The Labute approximate surface area is 112 Å². The first-order valence-corrected chi connectivity index (χ1v) is 6.86. The highest BCUT2D eigenvalue weighted by Crippen LogP contribution is 2.19. The first kappa shape index (κ1) is 13.0. The van der Waals surface area contributed by atoms with Crippen LogP contribution >= 0.6 is 11.5 Å². The number of aromatic nitrogens is 2. The molecule has 0 atom stereocenters. The molecule has 1 N–H and O–H groups in total. The molecule has 0 bridgehead atoms. The van der Waals surface area contributed by atoms with Crippen LogP contribution in [0.15, 0.2) is 30.3 Å². The molecule has 0 saturated heterocycles. The minimum atomic E-state index is 0.831. The largest absolute Gasteiger partial charge is 0.377 e. The molecule has 1 heterocycles. The van der Waals surface area contributed by atoms with Gasteiger partial charge in [0.1, 0.15) is 10.7 Å². The standard InChI is InChI=1S/C13H18N4S/c1-3-17(9-11-7-5-4-6-8-11)10-12-13(14-2)18-16-15-12/h4-8,14H,3,9-10H2,1-2H3. The zero-order valence-electron chi connectivity index (χ0n) is 10.8. The van der Waals surface area contributed by atoms with Crippen molar-refractivity contribution in [3.05, 3.63) is 41.6 Å². The molecule has 18 heavy (non-hydrogen) atoms. The molecule has 0 fully saturated rings. The number of hydrogen-bond donors (Lipinski definition) is 1. The molecule has 1 aromatic heterocycles. The highest BCUT2D eigenvalue weighted by molar-refractivity contribution is 7.10. The molecule has 96 valence electrons. The van der Waals surface area contributed by atoms with Crippen molar-refractivity contribution >= 4 is 16.5 Å². The third-order valence-corrected chi connectivity index (χ3v) is 3.64. The zero-order valence-corrected chi connectivity index (χ0v) is 11.6. The van der Waals surface area contributed by atoms with Crippen molar-refractivity contribution in [1.29, 1.82) is 0 Å². The van der Waals surface area contributed by atoms with Gasteiger partial charge < -0.3 is 5.32 Å². The van der Waals surface area contributed by atoms with Gasteiger partial charge in [0.05, 0.1) is 0 Å². The molecule has 2 rings (SSSR count). The summed E-state index contributed by atoms with van der Waals surface area (Å²) < 4.78 is 3.99. The van der Waals surface area contributed by atoms with Gasteiger partial charge >= 0.3 is 0 Å². The van der Waals surface area contributed by atoms with Gasteiger partial charge in [0.2, 0.25) is 0 Å². The van der Waals surface area contributed by atoms with E-state index in [-0.39, 0.29) is 0 Å². The monoisotopic (exact) mass is 262 g/mol. The normalized spacial score (nSPS) is 10.8. The summed E-state index contributed by atoms with van der Waals surface area (Å²) in [4.78, 5) is 2.35. The SMILES string of the molecule is CCN(Cc1ccccc1)Cc1nnsc1NC. The van der Waals surface area contributed by atoms with Gasteiger partial charge in [-0.05, 0) is 12.1 Å². The molecule has 2 aromatic rings. The average molecular weight is 262 g/mol. The second kappa shape index (κ2) is 6.47. The van der Waals surface area contributed by atoms with Gasteiger partial charge in [0.25, 0.3) is 0 Å². The Morgan fingerprint density at radius 1 is 1.22 bits per heavy atom. The summed E-state index contributed by atoms with van der Waals surface area (Å²) in [5, 5.41) is 8.37. The maximum atomic E-state index is 4.18. The molecule has 0 spiro atoms. The average Bonchev–Trinajstić information content (AvgIpc) is 2.86. The van der Waals surface area contributed by atoms with Gasteiger partial charge in [-0.25, -0.2) is 0 Å². The number of hydrogen-bond acceptors (Lipinski definition) is 5. The van der Waals surface area contributed by atoms with E-state index in [9.17, 15) is 0 Å². The molecule has 0 aliphatic carbocycles. The highest BCUT2D eigenvalue weighted by Gasteiger charge is 2.11. The lowest BCUT2D eigenvalue weighted by atomic mass is 10.2. The molecule has 0 saturated carbocycles. The van der Waals surface area contributed by atoms with Crippen LogP contribution in [-0.4, -0.2) is 28.1 Å². The zero-order chi connectivity index (χ0) is 12.8. The van der Waals surface area contributed by atoms with Crippen LogP contribution in [0.25, 0.3) is 0 Å². The van der Waals surface area contributed by atoms with Gasteiger partial charge in [0.15, 0.2) is 0 Å². The second-order valence-electron chi connectivity index (χ2n) is 4.09. The summed E-state index contributed by atoms with van der Waals surface area (Å²) in [5.74, 6) is 0. The van der Waals surface area contributed by atoms with Crippen molar-refractivity contribution in [2.75, 3.05) is 18.9 Å². The predicted octanol–water partition coefficient (Wildman–Crippen LogP) is 2.60. The fourth-order valence-corrected chi connectivity index (χ4v) is 2.36. The molecular weight excluding hydrogens is 244 g/mol. The van der Waals surface area contributed by atoms with Crippen LogP contribution in [0.5, 0.6) is 0 Å². The van der Waals surface area contributed by atoms with Crippen LogP contribution in [0.4, 0.5) is 5.00 Å². The van der Waals surface area contributed by atoms with Crippen molar-refractivity contribution < 1.29 is 0 Å². The van der Waals surface area contributed by atoms with Gasteiger partial charge in [-0.15, -0.1) is 5.10 Å². The first-order valence-electron chi connectivity index (χ1n) is 6.08. The fraction of sp³-hybridized carbons (Fsp3) is 0.385. The summed E-state index contributed by atoms with van der Waals surface area (Å²) in [6.45, 7) is 4.94. The molecule has 0 amide bonds. The van der Waals surface area contributed by atoms with Crippen LogP contribution in [0, 0.1) is 0 Å². The quantitative estimate of drug-likeness (QED) is 0.869. The Kier molecular flexibility index (Phi) is 4.66. The Morgan fingerprint density at radius 2 is 2.00 bits per heavy atom. The van der Waals surface area contributed by atoms with Crippen molar-refractivity contribution in [1.82, 2.24) is 14.5 Å². The van der Waals surface area contributed by atoms with Crippen LogP contribution in [-0.2, 0) is 13.1 Å². The van der Waals surface area contributed by atoms with Crippen molar-refractivity contribution in [2.24, 2.45) is 0 Å². The number of benzene rings is 1. The third kappa shape index (κ3) is 3.27. The Bertz CT molecular complexity index is 469. The third-order valence-electron chi connectivity index (χ3n) is 2.85. The van der Waals surface area contributed by atoms with E-state index < -0.39 is 0 Å². The molecule has 0 unspecified atom stereocenters. The molecule has 5 heteroatoms. The topological polar surface area (TPSA) is 41.1 Å². The van der Waals surface area contributed by atoms with E-state index in [2.05, 4.69) is 51.0 Å². The van der Waals surface area contributed by atoms with Crippen molar-refractivity contribution in [3.63, 3.8) is 0 Å². The van der Waals surface area contributed by atoms with Crippen LogP contribution < -0.4 is 5.32 Å². The molecule has 0 aliphatic rings. The number of rotatable bonds is 6. The molecular formula is C13H18N4S. The summed E-state index contributed by atoms with van der Waals surface area (Å²) >= 11 is 1.41. The molecule has 0 radical (unpaired) electrons. The lowest BCUT2D eigenvalue weighted by molar-refractivity contribution is 0.268. The number of anilines is 1. The van der Waals surface area contributed by atoms with E-state index >= 15 is 0 Å². The number of nitrogens with zero attached hydrogens (tertiary/aromatic N) is 3. The fourth-order valence-electron chi connectivity index (χ4n) is 1.83. The smallest absolute Gasteiger partial charge is 0.134 e. The second-order valence-corrected chi connectivity index (χ2v) is 4.84.